The van der Waals surface area contributed by atoms with Crippen molar-refractivity contribution in [3.8, 4) is 0 Å². The van der Waals surface area contributed by atoms with Gasteiger partial charge in [-0.3, -0.25) is 4.79 Å². The van der Waals surface area contributed by atoms with Gasteiger partial charge in [0.15, 0.2) is 5.78 Å². The molecule has 1 rings (SSSR count). The lowest BCUT2D eigenvalue weighted by molar-refractivity contribution is -0.118. The van der Waals surface area contributed by atoms with E-state index in [9.17, 15) is 9.18 Å². The number of ketones is 1. The molecule has 100 valence electrons. The minimum Gasteiger partial charge on any atom is -0.309 e. The van der Waals surface area contributed by atoms with E-state index in [4.69, 9.17) is 0 Å². The van der Waals surface area contributed by atoms with E-state index in [1.54, 1.807) is 24.3 Å². The van der Waals surface area contributed by atoms with Crippen LogP contribution in [0.15, 0.2) is 30.3 Å². The number of halogens is 2. The summed E-state index contributed by atoms with van der Waals surface area (Å²) >= 11 is 0. The molecule has 0 fully saturated rings. The molecule has 1 aromatic carbocycles. The summed E-state index contributed by atoms with van der Waals surface area (Å²) < 4.78 is 12.7. The predicted octanol–water partition coefficient (Wildman–Crippen LogP) is 3.03. The summed E-state index contributed by atoms with van der Waals surface area (Å²) in [6.07, 6.45) is 3.27. The Bertz CT molecular complexity index is 401. The highest BCUT2D eigenvalue weighted by atomic mass is 35.5. The zero-order chi connectivity index (χ0) is 12.8. The fraction of sp³-hybridized carbons (Fsp3) is 0.357. The van der Waals surface area contributed by atoms with Gasteiger partial charge in [-0.1, -0.05) is 25.1 Å². The van der Waals surface area contributed by atoms with E-state index in [2.05, 4.69) is 0 Å². The average Bonchev–Trinajstić information content (AvgIpc) is 2.27. The van der Waals surface area contributed by atoms with Crippen molar-refractivity contribution in [2.24, 2.45) is 5.92 Å². The first-order chi connectivity index (χ1) is 7.99. The lowest BCUT2D eigenvalue weighted by Crippen LogP contribution is -2.24. The number of allylic oxidation sites excluding steroid dienone is 1. The number of hydrogen-bond acceptors (Lipinski definition) is 2. The van der Waals surface area contributed by atoms with E-state index in [-0.39, 0.29) is 29.9 Å². The van der Waals surface area contributed by atoms with Crippen molar-refractivity contribution in [3.63, 3.8) is 0 Å². The van der Waals surface area contributed by atoms with Gasteiger partial charge in [-0.15, -0.1) is 12.4 Å². The molecule has 0 heterocycles. The maximum absolute atomic E-state index is 12.7. The Morgan fingerprint density at radius 2 is 1.89 bits per heavy atom. The Hall–Kier alpha value is -1.19. The van der Waals surface area contributed by atoms with Crippen molar-refractivity contribution < 1.29 is 9.18 Å². The third kappa shape index (κ3) is 5.94. The Balaban J connectivity index is 0.00000289. The third-order valence-corrected chi connectivity index (χ3v) is 2.43. The largest absolute Gasteiger partial charge is 0.309 e. The van der Waals surface area contributed by atoms with Crippen LogP contribution in [0.5, 0.6) is 0 Å². The van der Waals surface area contributed by atoms with Crippen molar-refractivity contribution in [1.29, 1.82) is 0 Å². The van der Waals surface area contributed by atoms with Crippen LogP contribution in [0.2, 0.25) is 0 Å². The second kappa shape index (κ2) is 8.01. The van der Waals surface area contributed by atoms with Crippen LogP contribution >= 0.6 is 12.4 Å². The maximum atomic E-state index is 12.7. The van der Waals surface area contributed by atoms with Crippen LogP contribution in [0, 0.1) is 11.7 Å². The van der Waals surface area contributed by atoms with Crippen LogP contribution in [-0.2, 0) is 4.79 Å². The SMILES string of the molecule is CC(CN(C)C)C(=O)/C=C/c1ccc(F)cc1.Cl. The van der Waals surface area contributed by atoms with Gasteiger partial charge in [0.25, 0.3) is 0 Å². The molecule has 0 aromatic heterocycles. The van der Waals surface area contributed by atoms with Gasteiger partial charge >= 0.3 is 0 Å². The molecule has 2 nitrogen and oxygen atoms in total. The number of carbonyl (C=O) groups excluding carboxylic acids is 1. The number of benzene rings is 1. The second-order valence-electron chi connectivity index (χ2n) is 4.45. The predicted molar refractivity (Wildman–Crippen MR) is 75.4 cm³/mol. The molecule has 0 saturated heterocycles. The number of carbonyl (C=O) groups is 1. The zero-order valence-electron chi connectivity index (χ0n) is 10.9. The molecule has 0 saturated carbocycles. The summed E-state index contributed by atoms with van der Waals surface area (Å²) in [5.74, 6) is -0.209. The minimum atomic E-state index is -0.269. The quantitative estimate of drug-likeness (QED) is 0.768. The standard InChI is InChI=1S/C14H18FNO.ClH/c1-11(10-16(2)3)14(17)9-6-12-4-7-13(15)8-5-12;/h4-9,11H,10H2,1-3H3;1H/b9-6+;. The molecule has 0 radical (unpaired) electrons. The molecular formula is C14H19ClFNO. The number of rotatable bonds is 5. The molecule has 0 aliphatic rings. The van der Waals surface area contributed by atoms with Gasteiger partial charge in [-0.25, -0.2) is 4.39 Å². The lowest BCUT2D eigenvalue weighted by Gasteiger charge is -2.13. The molecular weight excluding hydrogens is 253 g/mol. The van der Waals surface area contributed by atoms with Crippen LogP contribution in [-0.4, -0.2) is 31.3 Å². The molecule has 1 aromatic rings. The van der Waals surface area contributed by atoms with E-state index in [1.165, 1.54) is 12.1 Å². The molecule has 0 aliphatic heterocycles. The minimum absolute atomic E-state index is 0. The van der Waals surface area contributed by atoms with Crippen LogP contribution < -0.4 is 0 Å². The molecule has 0 amide bonds. The Morgan fingerprint density at radius 1 is 1.33 bits per heavy atom. The summed E-state index contributed by atoms with van der Waals surface area (Å²) in [4.78, 5) is 13.7. The molecule has 1 atom stereocenters. The Labute approximate surface area is 114 Å². The first kappa shape index (κ1) is 16.8. The summed E-state index contributed by atoms with van der Waals surface area (Å²) in [7, 11) is 3.88. The normalized spacial score (nSPS) is 12.5. The third-order valence-electron chi connectivity index (χ3n) is 2.43. The number of hydrogen-bond donors (Lipinski definition) is 0. The summed E-state index contributed by atoms with van der Waals surface area (Å²) in [6.45, 7) is 2.63. The van der Waals surface area contributed by atoms with Crippen LogP contribution in [0.4, 0.5) is 4.39 Å². The highest BCUT2D eigenvalue weighted by molar-refractivity contribution is 5.95. The van der Waals surface area contributed by atoms with Crippen LogP contribution in [0.1, 0.15) is 12.5 Å². The lowest BCUT2D eigenvalue weighted by atomic mass is 10.0. The van der Waals surface area contributed by atoms with E-state index in [0.29, 0.717) is 0 Å². The van der Waals surface area contributed by atoms with Crippen molar-refractivity contribution in [1.82, 2.24) is 4.90 Å². The van der Waals surface area contributed by atoms with Crippen LogP contribution in [0.3, 0.4) is 0 Å². The fourth-order valence-corrected chi connectivity index (χ4v) is 1.55. The highest BCUT2D eigenvalue weighted by Gasteiger charge is 2.10. The molecule has 0 bridgehead atoms. The monoisotopic (exact) mass is 271 g/mol. The second-order valence-corrected chi connectivity index (χ2v) is 4.45. The van der Waals surface area contributed by atoms with Gasteiger partial charge in [0.2, 0.25) is 0 Å². The van der Waals surface area contributed by atoms with Crippen molar-refractivity contribution >= 4 is 24.3 Å². The average molecular weight is 272 g/mol. The van der Waals surface area contributed by atoms with Crippen LogP contribution in [0.25, 0.3) is 6.08 Å². The van der Waals surface area contributed by atoms with E-state index >= 15 is 0 Å². The Morgan fingerprint density at radius 3 is 2.39 bits per heavy atom. The van der Waals surface area contributed by atoms with Crippen molar-refractivity contribution in [3.05, 3.63) is 41.7 Å². The smallest absolute Gasteiger partial charge is 0.159 e. The maximum Gasteiger partial charge on any atom is 0.159 e. The zero-order valence-corrected chi connectivity index (χ0v) is 11.7. The van der Waals surface area contributed by atoms with Gasteiger partial charge < -0.3 is 4.90 Å². The molecule has 0 N–H and O–H groups in total. The molecule has 18 heavy (non-hydrogen) atoms. The van der Waals surface area contributed by atoms with Crippen molar-refractivity contribution in [2.45, 2.75) is 6.92 Å². The van der Waals surface area contributed by atoms with Gasteiger partial charge in [0.05, 0.1) is 0 Å². The molecule has 0 aliphatic carbocycles. The summed E-state index contributed by atoms with van der Waals surface area (Å²) in [5, 5.41) is 0. The first-order valence-corrected chi connectivity index (χ1v) is 5.61. The molecule has 1 unspecified atom stereocenters. The topological polar surface area (TPSA) is 20.3 Å². The van der Waals surface area contributed by atoms with E-state index < -0.39 is 0 Å². The summed E-state index contributed by atoms with van der Waals surface area (Å²) in [6, 6.07) is 6.06. The van der Waals surface area contributed by atoms with Gasteiger partial charge in [0.1, 0.15) is 5.82 Å². The fourth-order valence-electron chi connectivity index (χ4n) is 1.55. The first-order valence-electron chi connectivity index (χ1n) is 5.61. The highest BCUT2D eigenvalue weighted by Crippen LogP contribution is 2.06. The Kier molecular flexibility index (Phi) is 7.48. The summed E-state index contributed by atoms with van der Waals surface area (Å²) in [5.41, 5.74) is 0.830. The molecule has 0 spiro atoms. The van der Waals surface area contributed by atoms with Crippen molar-refractivity contribution in [2.75, 3.05) is 20.6 Å². The van der Waals surface area contributed by atoms with Gasteiger partial charge in [-0.2, -0.15) is 0 Å². The van der Waals surface area contributed by atoms with Gasteiger partial charge in [-0.05, 0) is 37.9 Å². The van der Waals surface area contributed by atoms with E-state index in [1.807, 2.05) is 25.9 Å². The van der Waals surface area contributed by atoms with Gasteiger partial charge in [0, 0.05) is 12.5 Å². The number of nitrogens with zero attached hydrogens (tertiary/aromatic N) is 1. The van der Waals surface area contributed by atoms with E-state index in [0.717, 1.165) is 12.1 Å². The molecule has 4 heteroatoms.